The number of hydrogen-bond acceptors (Lipinski definition) is 2. The van der Waals surface area contributed by atoms with Crippen LogP contribution in [0.4, 0.5) is 13.2 Å². The van der Waals surface area contributed by atoms with Gasteiger partial charge in [0.1, 0.15) is 5.15 Å². The fourth-order valence-electron chi connectivity index (χ4n) is 1.05. The molecule has 1 aromatic heterocycles. The van der Waals surface area contributed by atoms with Gasteiger partial charge < -0.3 is 5.11 Å². The third-order valence-corrected chi connectivity index (χ3v) is 1.96. The van der Waals surface area contributed by atoms with E-state index in [9.17, 15) is 18.0 Å². The molecule has 0 amide bonds. The summed E-state index contributed by atoms with van der Waals surface area (Å²) < 4.78 is 37.2. The molecule has 1 rings (SSSR count). The minimum absolute atomic E-state index is 0.438. The minimum atomic E-state index is -4.63. The third-order valence-electron chi connectivity index (χ3n) is 1.64. The van der Waals surface area contributed by atoms with Crippen molar-refractivity contribution in [1.29, 1.82) is 0 Å². The van der Waals surface area contributed by atoms with Crippen LogP contribution in [0.15, 0.2) is 12.3 Å². The predicted molar refractivity (Wildman–Crippen MR) is 45.6 cm³/mol. The summed E-state index contributed by atoms with van der Waals surface area (Å²) in [7, 11) is 0. The molecule has 0 fully saturated rings. The van der Waals surface area contributed by atoms with Crippen LogP contribution in [0.3, 0.4) is 0 Å². The first-order valence-corrected chi connectivity index (χ1v) is 4.12. The maximum absolute atomic E-state index is 12.4. The Balaban J connectivity index is 3.26. The van der Waals surface area contributed by atoms with Gasteiger partial charge in [0.25, 0.3) is 0 Å². The van der Waals surface area contributed by atoms with Crippen LogP contribution in [-0.4, -0.2) is 16.1 Å². The second-order valence-electron chi connectivity index (χ2n) is 2.70. The molecule has 0 aliphatic carbocycles. The van der Waals surface area contributed by atoms with E-state index in [-0.39, 0.29) is 0 Å². The molecule has 0 aliphatic heterocycles. The highest BCUT2D eigenvalue weighted by Gasteiger charge is 2.34. The molecule has 15 heavy (non-hydrogen) atoms. The average Bonchev–Trinajstić information content (AvgIpc) is 2.05. The van der Waals surface area contributed by atoms with Crippen LogP contribution in [0.1, 0.15) is 11.1 Å². The van der Waals surface area contributed by atoms with Crippen molar-refractivity contribution in [3.63, 3.8) is 0 Å². The number of nitrogens with zero attached hydrogens (tertiary/aromatic N) is 1. The lowest BCUT2D eigenvalue weighted by Gasteiger charge is -2.11. The van der Waals surface area contributed by atoms with E-state index in [0.717, 1.165) is 6.20 Å². The van der Waals surface area contributed by atoms with Crippen molar-refractivity contribution in [3.05, 3.63) is 28.5 Å². The average molecular weight is 240 g/mol. The summed E-state index contributed by atoms with van der Waals surface area (Å²) in [4.78, 5) is 13.8. The van der Waals surface area contributed by atoms with E-state index < -0.39 is 34.8 Å². The molecule has 1 heterocycles. The zero-order valence-electron chi connectivity index (χ0n) is 7.18. The van der Waals surface area contributed by atoms with Crippen molar-refractivity contribution in [2.45, 2.75) is 12.6 Å². The lowest BCUT2D eigenvalue weighted by molar-refractivity contribution is -0.139. The maximum atomic E-state index is 12.4. The lowest BCUT2D eigenvalue weighted by Crippen LogP contribution is -2.13. The molecule has 3 nitrogen and oxygen atoms in total. The molecule has 0 radical (unpaired) electrons. The van der Waals surface area contributed by atoms with Gasteiger partial charge in [0.05, 0.1) is 12.0 Å². The van der Waals surface area contributed by atoms with Gasteiger partial charge in [-0.3, -0.25) is 4.79 Å². The van der Waals surface area contributed by atoms with E-state index in [1.807, 2.05) is 0 Å². The molecule has 7 heteroatoms. The summed E-state index contributed by atoms with van der Waals surface area (Å²) >= 11 is 5.41. The van der Waals surface area contributed by atoms with E-state index in [1.165, 1.54) is 0 Å². The highest BCUT2D eigenvalue weighted by atomic mass is 35.5. The highest BCUT2D eigenvalue weighted by Crippen LogP contribution is 2.34. The maximum Gasteiger partial charge on any atom is 0.416 e. The number of carboxylic acid groups (broad SMARTS) is 1. The van der Waals surface area contributed by atoms with Crippen LogP contribution in [0.25, 0.3) is 0 Å². The molecule has 1 N–H and O–H groups in total. The zero-order valence-corrected chi connectivity index (χ0v) is 7.93. The molecule has 0 saturated carbocycles. The number of alkyl halides is 3. The third kappa shape index (κ3) is 2.82. The quantitative estimate of drug-likeness (QED) is 0.806. The van der Waals surface area contributed by atoms with Crippen molar-refractivity contribution in [2.24, 2.45) is 0 Å². The van der Waals surface area contributed by atoms with Crippen LogP contribution < -0.4 is 0 Å². The van der Waals surface area contributed by atoms with Gasteiger partial charge in [-0.25, -0.2) is 4.98 Å². The molecule has 0 saturated heterocycles. The van der Waals surface area contributed by atoms with Crippen LogP contribution in [0.2, 0.25) is 5.15 Å². The number of carbonyl (C=O) groups is 1. The Morgan fingerprint density at radius 3 is 2.60 bits per heavy atom. The minimum Gasteiger partial charge on any atom is -0.481 e. The normalized spacial score (nSPS) is 11.5. The van der Waals surface area contributed by atoms with Crippen molar-refractivity contribution in [1.82, 2.24) is 4.98 Å². The fourth-order valence-corrected chi connectivity index (χ4v) is 1.28. The predicted octanol–water partition coefficient (Wildman–Crippen LogP) is 2.38. The van der Waals surface area contributed by atoms with E-state index in [0.29, 0.717) is 6.07 Å². The number of halogens is 4. The Morgan fingerprint density at radius 1 is 1.53 bits per heavy atom. The number of aromatic nitrogens is 1. The standard InChI is InChI=1S/C8H5ClF3NO2/c9-7-4(3-6(14)15)5(1-2-13-7)8(10,11)12/h1-2H,3H2,(H,14,15). The number of rotatable bonds is 2. The SMILES string of the molecule is O=C(O)Cc1c(C(F)(F)F)ccnc1Cl. The molecule has 1 aromatic rings. The summed E-state index contributed by atoms with van der Waals surface area (Å²) in [5, 5.41) is 7.99. The first-order valence-electron chi connectivity index (χ1n) is 3.74. The molecular weight excluding hydrogens is 235 g/mol. The first kappa shape index (κ1) is 11.8. The molecule has 0 aromatic carbocycles. The van der Waals surface area contributed by atoms with Gasteiger partial charge in [-0.05, 0) is 6.07 Å². The Kier molecular flexibility index (Phi) is 3.18. The van der Waals surface area contributed by atoms with Gasteiger partial charge in [-0.1, -0.05) is 11.6 Å². The Labute approximate surface area is 87.5 Å². The topological polar surface area (TPSA) is 50.2 Å². The molecule has 0 spiro atoms. The van der Waals surface area contributed by atoms with Gasteiger partial charge in [-0.15, -0.1) is 0 Å². The molecule has 82 valence electrons. The first-order chi connectivity index (χ1) is 6.82. The summed E-state index contributed by atoms with van der Waals surface area (Å²) in [5.41, 5.74) is -1.58. The van der Waals surface area contributed by atoms with E-state index >= 15 is 0 Å². The number of carboxylic acids is 1. The number of aliphatic carboxylic acids is 1. The van der Waals surface area contributed by atoms with E-state index in [4.69, 9.17) is 16.7 Å². The van der Waals surface area contributed by atoms with E-state index in [1.54, 1.807) is 0 Å². The largest absolute Gasteiger partial charge is 0.481 e. The molecular formula is C8H5ClF3NO2. The van der Waals surface area contributed by atoms with Crippen molar-refractivity contribution in [2.75, 3.05) is 0 Å². The van der Waals surface area contributed by atoms with Crippen LogP contribution >= 0.6 is 11.6 Å². The monoisotopic (exact) mass is 239 g/mol. The molecule has 0 bridgehead atoms. The van der Waals surface area contributed by atoms with E-state index in [2.05, 4.69) is 4.98 Å². The van der Waals surface area contributed by atoms with Crippen LogP contribution in [0.5, 0.6) is 0 Å². The molecule has 0 aliphatic rings. The smallest absolute Gasteiger partial charge is 0.416 e. The van der Waals surface area contributed by atoms with Gasteiger partial charge in [0.2, 0.25) is 0 Å². The summed E-state index contributed by atoms with van der Waals surface area (Å²) in [6, 6.07) is 0.699. The molecule has 0 atom stereocenters. The summed E-state index contributed by atoms with van der Waals surface area (Å²) in [6.45, 7) is 0. The number of pyridine rings is 1. The second-order valence-corrected chi connectivity index (χ2v) is 3.05. The van der Waals surface area contributed by atoms with Gasteiger partial charge in [0, 0.05) is 11.8 Å². The number of hydrogen-bond donors (Lipinski definition) is 1. The summed E-state index contributed by atoms with van der Waals surface area (Å²) in [5.74, 6) is -1.39. The molecule has 0 unspecified atom stereocenters. The van der Waals surface area contributed by atoms with Gasteiger partial charge in [-0.2, -0.15) is 13.2 Å². The lowest BCUT2D eigenvalue weighted by atomic mass is 10.1. The Bertz CT molecular complexity index is 392. The van der Waals surface area contributed by atoms with Crippen LogP contribution in [0, 0.1) is 0 Å². The van der Waals surface area contributed by atoms with Gasteiger partial charge >= 0.3 is 12.1 Å². The van der Waals surface area contributed by atoms with Gasteiger partial charge in [0.15, 0.2) is 0 Å². The highest BCUT2D eigenvalue weighted by molar-refractivity contribution is 6.30. The van der Waals surface area contributed by atoms with Crippen molar-refractivity contribution >= 4 is 17.6 Å². The van der Waals surface area contributed by atoms with Crippen molar-refractivity contribution < 1.29 is 23.1 Å². The fraction of sp³-hybridized carbons (Fsp3) is 0.250. The Hall–Kier alpha value is -1.30. The summed E-state index contributed by atoms with van der Waals surface area (Å²) in [6.07, 6.45) is -4.55. The Morgan fingerprint density at radius 2 is 2.13 bits per heavy atom. The van der Waals surface area contributed by atoms with Crippen LogP contribution in [-0.2, 0) is 17.4 Å². The second kappa shape index (κ2) is 4.06. The zero-order chi connectivity index (χ0) is 11.6. The van der Waals surface area contributed by atoms with Crippen molar-refractivity contribution in [3.8, 4) is 0 Å².